The molecule has 1 heterocycles. The number of phenols is 1. The Bertz CT molecular complexity index is 863. The van der Waals surface area contributed by atoms with Gasteiger partial charge in [0.1, 0.15) is 17.4 Å². The number of nitrogens with zero attached hydrogens (tertiary/aromatic N) is 2. The molecule has 5 nitrogen and oxygen atoms in total. The van der Waals surface area contributed by atoms with E-state index in [9.17, 15) is 14.7 Å². The Morgan fingerprint density at radius 2 is 2.18 bits per heavy atom. The number of allylic oxidation sites excluding steroid dienone is 1. The minimum absolute atomic E-state index is 0.000178. The Hall–Kier alpha value is -2.84. The van der Waals surface area contributed by atoms with Crippen molar-refractivity contribution in [2.45, 2.75) is 6.54 Å². The van der Waals surface area contributed by atoms with Crippen molar-refractivity contribution in [3.63, 3.8) is 0 Å². The van der Waals surface area contributed by atoms with Gasteiger partial charge in [-0.25, -0.2) is 0 Å². The summed E-state index contributed by atoms with van der Waals surface area (Å²) in [5, 5.41) is 19.1. The third-order valence-electron chi connectivity index (χ3n) is 3.00. The fourth-order valence-corrected chi connectivity index (χ4v) is 2.13. The van der Waals surface area contributed by atoms with Gasteiger partial charge >= 0.3 is 0 Å². The van der Waals surface area contributed by atoms with Crippen LogP contribution >= 0.6 is 11.6 Å². The first kappa shape index (κ1) is 15.5. The Morgan fingerprint density at radius 3 is 2.82 bits per heavy atom. The van der Waals surface area contributed by atoms with Crippen LogP contribution in [0.3, 0.4) is 0 Å². The van der Waals surface area contributed by atoms with E-state index in [0.29, 0.717) is 5.02 Å². The van der Waals surface area contributed by atoms with Crippen LogP contribution in [0.15, 0.2) is 47.9 Å². The van der Waals surface area contributed by atoms with Gasteiger partial charge in [-0.2, -0.15) is 5.26 Å². The molecule has 6 heteroatoms. The highest BCUT2D eigenvalue weighted by Crippen LogP contribution is 2.24. The smallest absolute Gasteiger partial charge is 0.268 e. The molecule has 0 aliphatic carbocycles. The Balaban J connectivity index is 2.61. The lowest BCUT2D eigenvalue weighted by Gasteiger charge is -2.08. The SMILES string of the molecule is C=CCn1cc(C(=O)c2cc(Cl)ccc2O)cc(C#N)c1=O. The Labute approximate surface area is 131 Å². The van der Waals surface area contributed by atoms with E-state index in [1.165, 1.54) is 41.1 Å². The van der Waals surface area contributed by atoms with Crippen molar-refractivity contribution in [1.29, 1.82) is 5.26 Å². The first-order chi connectivity index (χ1) is 10.5. The van der Waals surface area contributed by atoms with E-state index in [-0.39, 0.29) is 29.0 Å². The minimum Gasteiger partial charge on any atom is -0.507 e. The van der Waals surface area contributed by atoms with Gasteiger partial charge in [-0.15, -0.1) is 6.58 Å². The van der Waals surface area contributed by atoms with Crippen LogP contribution in [0.1, 0.15) is 21.5 Å². The van der Waals surface area contributed by atoms with Crippen LogP contribution in [0.4, 0.5) is 0 Å². The van der Waals surface area contributed by atoms with Crippen molar-refractivity contribution in [2.24, 2.45) is 0 Å². The molecule has 2 rings (SSSR count). The molecule has 0 radical (unpaired) electrons. The lowest BCUT2D eigenvalue weighted by molar-refractivity contribution is 0.103. The maximum atomic E-state index is 12.5. The molecular weight excluding hydrogens is 304 g/mol. The van der Waals surface area contributed by atoms with Crippen LogP contribution in [0.5, 0.6) is 5.75 Å². The zero-order chi connectivity index (χ0) is 16.3. The summed E-state index contributed by atoms with van der Waals surface area (Å²) in [5.41, 5.74) is -0.556. The zero-order valence-electron chi connectivity index (χ0n) is 11.4. The summed E-state index contributed by atoms with van der Waals surface area (Å²) in [6, 6.07) is 7.04. The van der Waals surface area contributed by atoms with Crippen molar-refractivity contribution in [3.8, 4) is 11.8 Å². The summed E-state index contributed by atoms with van der Waals surface area (Å²) in [6.07, 6.45) is 2.81. The fraction of sp³-hybridized carbons (Fsp3) is 0.0625. The fourth-order valence-electron chi connectivity index (χ4n) is 1.96. The number of rotatable bonds is 4. The number of aromatic nitrogens is 1. The summed E-state index contributed by atoms with van der Waals surface area (Å²) in [6.45, 7) is 3.69. The number of benzene rings is 1. The molecule has 0 aliphatic heterocycles. The number of ketones is 1. The lowest BCUT2D eigenvalue weighted by Crippen LogP contribution is -2.23. The average molecular weight is 315 g/mol. The number of phenolic OH excluding ortho intramolecular Hbond substituents is 1. The average Bonchev–Trinajstić information content (AvgIpc) is 2.51. The monoisotopic (exact) mass is 314 g/mol. The molecule has 22 heavy (non-hydrogen) atoms. The molecule has 0 amide bonds. The van der Waals surface area contributed by atoms with Gasteiger partial charge in [0.2, 0.25) is 0 Å². The second kappa shape index (κ2) is 6.29. The summed E-state index contributed by atoms with van der Waals surface area (Å²) in [5.74, 6) is -0.760. The molecule has 0 saturated heterocycles. The maximum Gasteiger partial charge on any atom is 0.268 e. The molecule has 0 saturated carbocycles. The van der Waals surface area contributed by atoms with Gasteiger partial charge in [0, 0.05) is 23.3 Å². The van der Waals surface area contributed by atoms with E-state index in [4.69, 9.17) is 16.9 Å². The van der Waals surface area contributed by atoms with E-state index in [1.54, 1.807) is 6.07 Å². The topological polar surface area (TPSA) is 83.1 Å². The van der Waals surface area contributed by atoms with Crippen molar-refractivity contribution in [3.05, 3.63) is 75.2 Å². The van der Waals surface area contributed by atoms with Gasteiger partial charge in [-0.05, 0) is 24.3 Å². The number of carbonyl (C=O) groups excluding carboxylic acids is 1. The van der Waals surface area contributed by atoms with Crippen LogP contribution in [0.2, 0.25) is 5.02 Å². The number of nitriles is 1. The third kappa shape index (κ3) is 2.92. The van der Waals surface area contributed by atoms with E-state index >= 15 is 0 Å². The van der Waals surface area contributed by atoms with Crippen LogP contribution < -0.4 is 5.56 Å². The highest BCUT2D eigenvalue weighted by molar-refractivity contribution is 6.31. The molecule has 0 aliphatic rings. The molecule has 1 aromatic heterocycles. The first-order valence-electron chi connectivity index (χ1n) is 6.26. The number of hydrogen-bond donors (Lipinski definition) is 1. The molecule has 110 valence electrons. The molecule has 0 bridgehead atoms. The number of pyridine rings is 1. The summed E-state index contributed by atoms with van der Waals surface area (Å²) >= 11 is 5.83. The molecular formula is C16H11ClN2O3. The van der Waals surface area contributed by atoms with Gasteiger partial charge in [0.15, 0.2) is 5.78 Å². The van der Waals surface area contributed by atoms with Crippen molar-refractivity contribution in [2.75, 3.05) is 0 Å². The predicted molar refractivity (Wildman–Crippen MR) is 82.2 cm³/mol. The summed E-state index contributed by atoms with van der Waals surface area (Å²) < 4.78 is 1.21. The van der Waals surface area contributed by atoms with E-state index in [0.717, 1.165) is 0 Å². The molecule has 1 aromatic carbocycles. The maximum absolute atomic E-state index is 12.5. The Kier molecular flexibility index (Phi) is 4.44. The standard InChI is InChI=1S/C16H11ClN2O3/c1-2-5-19-9-11(6-10(8-18)16(19)22)15(21)13-7-12(17)3-4-14(13)20/h2-4,6-7,9,20H,1,5H2. The largest absolute Gasteiger partial charge is 0.507 e. The number of halogens is 1. The Morgan fingerprint density at radius 1 is 1.45 bits per heavy atom. The van der Waals surface area contributed by atoms with E-state index in [1.807, 2.05) is 0 Å². The van der Waals surface area contributed by atoms with Crippen LogP contribution in [-0.4, -0.2) is 15.5 Å². The molecule has 1 N–H and O–H groups in total. The molecule has 0 spiro atoms. The van der Waals surface area contributed by atoms with Crippen LogP contribution in [0, 0.1) is 11.3 Å². The third-order valence-corrected chi connectivity index (χ3v) is 3.23. The predicted octanol–water partition coefficient (Wildman–Crippen LogP) is 2.50. The highest BCUT2D eigenvalue weighted by atomic mass is 35.5. The summed E-state index contributed by atoms with van der Waals surface area (Å²) in [7, 11) is 0. The second-order valence-corrected chi connectivity index (χ2v) is 4.93. The summed E-state index contributed by atoms with van der Waals surface area (Å²) in [4.78, 5) is 24.4. The minimum atomic E-state index is -0.533. The van der Waals surface area contributed by atoms with Crippen molar-refractivity contribution in [1.82, 2.24) is 4.57 Å². The molecule has 0 fully saturated rings. The zero-order valence-corrected chi connectivity index (χ0v) is 12.2. The van der Waals surface area contributed by atoms with Gasteiger partial charge in [-0.3, -0.25) is 9.59 Å². The lowest BCUT2D eigenvalue weighted by atomic mass is 10.0. The highest BCUT2D eigenvalue weighted by Gasteiger charge is 2.17. The van der Waals surface area contributed by atoms with Gasteiger partial charge in [-0.1, -0.05) is 17.7 Å². The van der Waals surface area contributed by atoms with Gasteiger partial charge in [0.25, 0.3) is 5.56 Å². The van der Waals surface area contributed by atoms with Gasteiger partial charge in [0.05, 0.1) is 5.56 Å². The number of hydrogen-bond acceptors (Lipinski definition) is 4. The molecule has 0 atom stereocenters. The first-order valence-corrected chi connectivity index (χ1v) is 6.64. The number of carbonyl (C=O) groups is 1. The van der Waals surface area contributed by atoms with E-state index in [2.05, 4.69) is 6.58 Å². The number of aromatic hydroxyl groups is 1. The van der Waals surface area contributed by atoms with Crippen molar-refractivity contribution >= 4 is 17.4 Å². The second-order valence-electron chi connectivity index (χ2n) is 4.49. The molecule has 0 unspecified atom stereocenters. The van der Waals surface area contributed by atoms with Gasteiger partial charge < -0.3 is 9.67 Å². The van der Waals surface area contributed by atoms with E-state index < -0.39 is 11.3 Å². The van der Waals surface area contributed by atoms with Crippen LogP contribution in [0.25, 0.3) is 0 Å². The molecule has 2 aromatic rings. The van der Waals surface area contributed by atoms with Crippen molar-refractivity contribution < 1.29 is 9.90 Å². The normalized spacial score (nSPS) is 10.0. The van der Waals surface area contributed by atoms with Crippen LogP contribution in [-0.2, 0) is 6.54 Å². The quantitative estimate of drug-likeness (QED) is 0.694.